The molecule has 0 saturated heterocycles. The van der Waals surface area contributed by atoms with Crippen molar-refractivity contribution in [3.05, 3.63) is 51.3 Å². The van der Waals surface area contributed by atoms with Crippen molar-refractivity contribution in [2.45, 2.75) is 0 Å². The maximum Gasteiger partial charge on any atom is 0.412 e. The Kier molecular flexibility index (Phi) is 6.10. The predicted octanol–water partition coefficient (Wildman–Crippen LogP) is 5.80. The van der Waals surface area contributed by atoms with Crippen molar-refractivity contribution in [3.8, 4) is 10.6 Å². The first-order chi connectivity index (χ1) is 12.6. The second kappa shape index (κ2) is 8.50. The van der Waals surface area contributed by atoms with E-state index in [9.17, 15) is 4.79 Å². The average Bonchev–Trinajstić information content (AvgIpc) is 3.26. The first kappa shape index (κ1) is 18.7. The van der Waals surface area contributed by atoms with Gasteiger partial charge in [-0.1, -0.05) is 46.7 Å². The molecule has 0 bridgehead atoms. The van der Waals surface area contributed by atoms with Crippen molar-refractivity contribution in [2.24, 2.45) is 5.10 Å². The van der Waals surface area contributed by atoms with Crippen molar-refractivity contribution >= 4 is 68.3 Å². The quantitative estimate of drug-likeness (QED) is 0.399. The van der Waals surface area contributed by atoms with E-state index in [-0.39, 0.29) is 0 Å². The molecular formula is C16H12Cl2N4O2S2. The number of methoxy groups -OCH3 is 1. The number of thiazole rings is 1. The molecular weight excluding hydrogens is 415 g/mol. The van der Waals surface area contributed by atoms with Crippen LogP contribution in [0.3, 0.4) is 0 Å². The minimum Gasteiger partial charge on any atom is -0.453 e. The molecule has 1 amide bonds. The molecule has 0 radical (unpaired) electrons. The molecule has 0 aliphatic carbocycles. The Bertz CT molecular complexity index is 942. The monoisotopic (exact) mass is 426 g/mol. The van der Waals surface area contributed by atoms with Gasteiger partial charge in [-0.25, -0.2) is 9.78 Å². The van der Waals surface area contributed by atoms with Gasteiger partial charge in [-0.2, -0.15) is 5.10 Å². The normalized spacial score (nSPS) is 10.9. The summed E-state index contributed by atoms with van der Waals surface area (Å²) in [7, 11) is 1.31. The molecule has 0 atom stereocenters. The van der Waals surface area contributed by atoms with Crippen LogP contribution in [0.1, 0.15) is 5.56 Å². The topological polar surface area (TPSA) is 75.6 Å². The number of hydrogen-bond donors (Lipinski definition) is 2. The van der Waals surface area contributed by atoms with Crippen LogP contribution in [0.5, 0.6) is 0 Å². The van der Waals surface area contributed by atoms with Crippen LogP contribution in [0, 0.1) is 0 Å². The van der Waals surface area contributed by atoms with E-state index in [1.165, 1.54) is 29.8 Å². The zero-order valence-electron chi connectivity index (χ0n) is 13.3. The molecule has 0 spiro atoms. The number of ether oxygens (including phenoxy) is 1. The highest BCUT2D eigenvalue weighted by Crippen LogP contribution is 2.38. The van der Waals surface area contributed by atoms with Gasteiger partial charge >= 0.3 is 6.09 Å². The summed E-state index contributed by atoms with van der Waals surface area (Å²) in [6.07, 6.45) is 1.01. The first-order valence-electron chi connectivity index (χ1n) is 7.20. The van der Waals surface area contributed by atoms with Crippen LogP contribution in [-0.2, 0) is 4.74 Å². The van der Waals surface area contributed by atoms with Gasteiger partial charge in [0.15, 0.2) is 0 Å². The molecule has 134 valence electrons. The molecule has 0 aliphatic heterocycles. The molecule has 0 unspecified atom stereocenters. The molecule has 0 fully saturated rings. The van der Waals surface area contributed by atoms with Gasteiger partial charge in [-0.15, -0.1) is 11.3 Å². The van der Waals surface area contributed by atoms with Crippen molar-refractivity contribution in [3.63, 3.8) is 0 Å². The van der Waals surface area contributed by atoms with Crippen LogP contribution in [-0.4, -0.2) is 24.4 Å². The summed E-state index contributed by atoms with van der Waals surface area (Å²) in [6, 6.07) is 8.96. The van der Waals surface area contributed by atoms with Crippen LogP contribution >= 0.6 is 45.9 Å². The van der Waals surface area contributed by atoms with Crippen molar-refractivity contribution < 1.29 is 9.53 Å². The molecule has 0 saturated carbocycles. The number of rotatable bonds is 5. The highest BCUT2D eigenvalue weighted by Gasteiger charge is 2.16. The lowest BCUT2D eigenvalue weighted by atomic mass is 10.2. The maximum atomic E-state index is 11.5. The van der Waals surface area contributed by atoms with Crippen molar-refractivity contribution in [1.82, 2.24) is 4.98 Å². The van der Waals surface area contributed by atoms with E-state index in [4.69, 9.17) is 23.2 Å². The molecule has 3 aromatic rings. The summed E-state index contributed by atoms with van der Waals surface area (Å²) in [6.45, 7) is 0. The lowest BCUT2D eigenvalue weighted by Gasteiger charge is -2.01. The van der Waals surface area contributed by atoms with Gasteiger partial charge in [0.05, 0.1) is 23.2 Å². The number of hydrogen-bond acceptors (Lipinski definition) is 7. The molecule has 26 heavy (non-hydrogen) atoms. The first-order valence-corrected chi connectivity index (χ1v) is 9.66. The summed E-state index contributed by atoms with van der Waals surface area (Å²) in [5, 5.41) is 10.9. The minimum absolute atomic E-state index is 0.495. The SMILES string of the molecule is COC(=O)Nc1sc(N/N=C/c2ccc(Cl)cc2Cl)nc1-c1cccs1. The van der Waals surface area contributed by atoms with Crippen molar-refractivity contribution in [1.29, 1.82) is 0 Å². The highest BCUT2D eigenvalue weighted by molar-refractivity contribution is 7.21. The number of carbonyl (C=O) groups excluding carboxylic acids is 1. The number of halogens is 2. The van der Waals surface area contributed by atoms with E-state index in [0.717, 1.165) is 4.88 Å². The number of nitrogens with zero attached hydrogens (tertiary/aromatic N) is 2. The fourth-order valence-corrected chi connectivity index (χ4v) is 4.00. The average molecular weight is 427 g/mol. The van der Waals surface area contributed by atoms with E-state index in [2.05, 4.69) is 25.6 Å². The third kappa shape index (κ3) is 4.53. The summed E-state index contributed by atoms with van der Waals surface area (Å²) in [5.41, 5.74) is 4.21. The molecule has 3 rings (SSSR count). The van der Waals surface area contributed by atoms with Gasteiger partial charge in [-0.3, -0.25) is 10.7 Å². The van der Waals surface area contributed by atoms with E-state index in [1.807, 2.05) is 17.5 Å². The van der Waals surface area contributed by atoms with Crippen LogP contribution in [0.25, 0.3) is 10.6 Å². The number of thiophene rings is 1. The van der Waals surface area contributed by atoms with E-state index in [1.54, 1.807) is 24.4 Å². The Morgan fingerprint density at radius 1 is 1.35 bits per heavy atom. The van der Waals surface area contributed by atoms with Gasteiger partial charge in [0, 0.05) is 10.6 Å². The number of carbonyl (C=O) groups is 1. The zero-order valence-corrected chi connectivity index (χ0v) is 16.5. The lowest BCUT2D eigenvalue weighted by Crippen LogP contribution is -2.10. The van der Waals surface area contributed by atoms with Crippen LogP contribution in [0.2, 0.25) is 10.0 Å². The lowest BCUT2D eigenvalue weighted by molar-refractivity contribution is 0.187. The Balaban J connectivity index is 1.80. The largest absolute Gasteiger partial charge is 0.453 e. The molecule has 10 heteroatoms. The Labute approximate surface area is 167 Å². The second-order valence-corrected chi connectivity index (χ2v) is 7.62. The third-order valence-electron chi connectivity index (χ3n) is 3.11. The summed E-state index contributed by atoms with van der Waals surface area (Å²) in [4.78, 5) is 17.0. The summed E-state index contributed by atoms with van der Waals surface area (Å²) < 4.78 is 4.65. The van der Waals surface area contributed by atoms with Crippen molar-refractivity contribution in [2.75, 3.05) is 17.9 Å². The second-order valence-electron chi connectivity index (χ2n) is 4.83. The summed E-state index contributed by atoms with van der Waals surface area (Å²) in [5.74, 6) is 0. The summed E-state index contributed by atoms with van der Waals surface area (Å²) >= 11 is 14.7. The molecule has 2 heterocycles. The predicted molar refractivity (Wildman–Crippen MR) is 109 cm³/mol. The van der Waals surface area contributed by atoms with Crippen LogP contribution < -0.4 is 10.7 Å². The Morgan fingerprint density at radius 3 is 2.88 bits per heavy atom. The van der Waals surface area contributed by atoms with Gasteiger partial charge in [0.1, 0.15) is 10.7 Å². The van der Waals surface area contributed by atoms with Gasteiger partial charge in [-0.05, 0) is 23.6 Å². The van der Waals surface area contributed by atoms with E-state index < -0.39 is 6.09 Å². The zero-order chi connectivity index (χ0) is 18.5. The number of anilines is 2. The smallest absolute Gasteiger partial charge is 0.412 e. The van der Waals surface area contributed by atoms with E-state index in [0.29, 0.717) is 31.4 Å². The maximum absolute atomic E-state index is 11.5. The van der Waals surface area contributed by atoms with Gasteiger partial charge in [0.25, 0.3) is 0 Å². The molecule has 2 aromatic heterocycles. The number of aromatic nitrogens is 1. The van der Waals surface area contributed by atoms with Gasteiger partial charge in [0.2, 0.25) is 5.13 Å². The number of amides is 1. The molecule has 6 nitrogen and oxygen atoms in total. The molecule has 2 N–H and O–H groups in total. The van der Waals surface area contributed by atoms with Gasteiger partial charge < -0.3 is 4.74 Å². The fourth-order valence-electron chi connectivity index (χ4n) is 1.94. The number of hydrazone groups is 1. The fraction of sp³-hybridized carbons (Fsp3) is 0.0625. The number of nitrogens with one attached hydrogen (secondary N) is 2. The number of benzene rings is 1. The molecule has 0 aliphatic rings. The van der Waals surface area contributed by atoms with Crippen LogP contribution in [0.15, 0.2) is 40.8 Å². The third-order valence-corrected chi connectivity index (χ3v) is 5.42. The highest BCUT2D eigenvalue weighted by atomic mass is 35.5. The Morgan fingerprint density at radius 2 is 2.19 bits per heavy atom. The van der Waals surface area contributed by atoms with E-state index >= 15 is 0 Å². The minimum atomic E-state index is -0.561. The Hall–Kier alpha value is -2.13. The molecule has 1 aromatic carbocycles. The van der Waals surface area contributed by atoms with Crippen LogP contribution in [0.4, 0.5) is 14.9 Å². The standard InChI is InChI=1S/C16H12Cl2N4O2S2/c1-24-16(23)21-14-13(12-3-2-6-25-12)20-15(26-14)22-19-8-9-4-5-10(17)7-11(9)18/h2-8H,1H3,(H,20,22)(H,21,23)/b19-8+.